The molecule has 1 saturated carbocycles. The number of hydrogen-bond acceptors (Lipinski definition) is 7. The SMILES string of the molecule is CCN(CC)C1CCC(NC/C=C/C(=O)Nc2ccc(C(=O)Nc3cccc(-c4cc5nc6n(c5cc4C(F)(F)F)CCC6)n3)cc2C#N)CC1. The number of hydrogen-bond donors (Lipinski definition) is 3. The summed E-state index contributed by atoms with van der Waals surface area (Å²) >= 11 is 0. The van der Waals surface area contributed by atoms with Gasteiger partial charge in [-0.3, -0.25) is 9.59 Å². The highest BCUT2D eigenvalue weighted by Gasteiger charge is 2.35. The van der Waals surface area contributed by atoms with E-state index in [1.807, 2.05) is 10.6 Å². The number of carbonyl (C=O) groups is 2. The number of anilines is 2. The van der Waals surface area contributed by atoms with Gasteiger partial charge in [-0.15, -0.1) is 0 Å². The Morgan fingerprint density at radius 2 is 1.82 bits per heavy atom. The van der Waals surface area contributed by atoms with Crippen molar-refractivity contribution in [2.24, 2.45) is 0 Å². The number of carbonyl (C=O) groups excluding carboxylic acids is 2. The summed E-state index contributed by atoms with van der Waals surface area (Å²) in [6.07, 6.45) is 4.57. The average molecular weight is 699 g/mol. The van der Waals surface area contributed by atoms with Gasteiger partial charge in [-0.05, 0) is 87.7 Å². The van der Waals surface area contributed by atoms with Crippen molar-refractivity contribution in [1.29, 1.82) is 5.26 Å². The normalized spacial score (nSPS) is 17.5. The molecule has 3 N–H and O–H groups in total. The lowest BCUT2D eigenvalue weighted by Crippen LogP contribution is -2.42. The Balaban J connectivity index is 1.08. The van der Waals surface area contributed by atoms with Gasteiger partial charge >= 0.3 is 6.18 Å². The molecule has 2 aromatic heterocycles. The monoisotopic (exact) mass is 698 g/mol. The van der Waals surface area contributed by atoms with E-state index in [4.69, 9.17) is 0 Å². The number of alkyl halides is 3. The van der Waals surface area contributed by atoms with Gasteiger partial charge in [0, 0.05) is 48.8 Å². The van der Waals surface area contributed by atoms with Crippen LogP contribution in [-0.4, -0.2) is 63.0 Å². The van der Waals surface area contributed by atoms with Crippen LogP contribution in [0.5, 0.6) is 0 Å². The summed E-state index contributed by atoms with van der Waals surface area (Å²) < 4.78 is 44.6. The maximum Gasteiger partial charge on any atom is 0.417 e. The molecule has 3 heterocycles. The number of halogens is 3. The quantitative estimate of drug-likeness (QED) is 0.145. The second kappa shape index (κ2) is 15.4. The van der Waals surface area contributed by atoms with Crippen molar-refractivity contribution in [2.75, 3.05) is 30.3 Å². The Morgan fingerprint density at radius 3 is 2.55 bits per heavy atom. The first kappa shape index (κ1) is 35.8. The van der Waals surface area contributed by atoms with Gasteiger partial charge in [0.1, 0.15) is 17.7 Å². The number of nitrogens with one attached hydrogen (secondary N) is 3. The van der Waals surface area contributed by atoms with Gasteiger partial charge < -0.3 is 25.4 Å². The Morgan fingerprint density at radius 1 is 1.04 bits per heavy atom. The summed E-state index contributed by atoms with van der Waals surface area (Å²) in [5.74, 6) is -0.240. The summed E-state index contributed by atoms with van der Waals surface area (Å²) in [6, 6.07) is 14.2. The van der Waals surface area contributed by atoms with Crippen molar-refractivity contribution < 1.29 is 22.8 Å². The van der Waals surface area contributed by atoms with E-state index in [0.29, 0.717) is 42.6 Å². The van der Waals surface area contributed by atoms with Crippen molar-refractivity contribution in [3.63, 3.8) is 0 Å². The van der Waals surface area contributed by atoms with E-state index in [9.17, 15) is 28.0 Å². The van der Waals surface area contributed by atoms with Crippen molar-refractivity contribution in [2.45, 2.75) is 77.2 Å². The lowest BCUT2D eigenvalue weighted by atomic mass is 9.90. The number of rotatable bonds is 11. The molecular weight excluding hydrogens is 657 g/mol. The first-order chi connectivity index (χ1) is 24.6. The maximum atomic E-state index is 14.2. The zero-order valence-corrected chi connectivity index (χ0v) is 28.7. The van der Waals surface area contributed by atoms with E-state index < -0.39 is 23.6 Å². The molecule has 1 aliphatic carbocycles. The Kier molecular flexibility index (Phi) is 10.8. The van der Waals surface area contributed by atoms with E-state index in [1.54, 1.807) is 6.08 Å². The molecule has 2 amide bonds. The number of benzene rings is 2. The van der Waals surface area contributed by atoms with Gasteiger partial charge in [0.25, 0.3) is 5.91 Å². The molecule has 10 nitrogen and oxygen atoms in total. The molecule has 1 fully saturated rings. The third-order valence-electron chi connectivity index (χ3n) is 9.80. The number of aryl methyl sites for hydroxylation is 2. The summed E-state index contributed by atoms with van der Waals surface area (Å²) in [4.78, 5) is 37.2. The predicted octanol–water partition coefficient (Wildman–Crippen LogP) is 6.92. The molecule has 0 radical (unpaired) electrons. The van der Waals surface area contributed by atoms with E-state index in [-0.39, 0.29) is 33.9 Å². The molecule has 2 aliphatic rings. The number of aromatic nitrogens is 3. The van der Waals surface area contributed by atoms with Crippen LogP contribution in [0.3, 0.4) is 0 Å². The van der Waals surface area contributed by atoms with Crippen molar-refractivity contribution in [3.8, 4) is 17.3 Å². The molecule has 0 atom stereocenters. The Bertz CT molecular complexity index is 1990. The minimum atomic E-state index is -4.64. The van der Waals surface area contributed by atoms with Crippen molar-refractivity contribution in [3.05, 3.63) is 83.2 Å². The highest BCUT2D eigenvalue weighted by atomic mass is 19.4. The number of amides is 2. The first-order valence-electron chi connectivity index (χ1n) is 17.5. The number of nitrogens with zero attached hydrogens (tertiary/aromatic N) is 5. The highest BCUT2D eigenvalue weighted by molar-refractivity contribution is 6.05. The Hall–Kier alpha value is -5.06. The fourth-order valence-corrected chi connectivity index (χ4v) is 7.19. The molecule has 2 aromatic carbocycles. The van der Waals surface area contributed by atoms with E-state index in [2.05, 4.69) is 44.7 Å². The number of pyridine rings is 1. The molecule has 6 rings (SSSR count). The van der Waals surface area contributed by atoms with Crippen molar-refractivity contribution in [1.82, 2.24) is 24.8 Å². The first-order valence-corrected chi connectivity index (χ1v) is 17.5. The van der Waals surface area contributed by atoms with Crippen LogP contribution in [0.2, 0.25) is 0 Å². The van der Waals surface area contributed by atoms with E-state index in [1.165, 1.54) is 48.5 Å². The largest absolute Gasteiger partial charge is 0.417 e. The average Bonchev–Trinajstić information content (AvgIpc) is 3.72. The second-order valence-corrected chi connectivity index (χ2v) is 12.9. The summed E-state index contributed by atoms with van der Waals surface area (Å²) in [5.41, 5.74) is 0.359. The van der Waals surface area contributed by atoms with Crippen LogP contribution in [0, 0.1) is 11.3 Å². The molecule has 266 valence electrons. The number of nitriles is 1. The number of fused-ring (bicyclic) bond motifs is 3. The predicted molar refractivity (Wildman–Crippen MR) is 190 cm³/mol. The molecule has 0 unspecified atom stereocenters. The van der Waals surface area contributed by atoms with Crippen molar-refractivity contribution >= 4 is 34.4 Å². The molecule has 0 bridgehead atoms. The van der Waals surface area contributed by atoms with Crippen LogP contribution in [-0.2, 0) is 23.9 Å². The van der Waals surface area contributed by atoms with E-state index in [0.717, 1.165) is 57.1 Å². The molecule has 13 heteroatoms. The summed E-state index contributed by atoms with van der Waals surface area (Å²) in [6.45, 7) is 7.70. The highest BCUT2D eigenvalue weighted by Crippen LogP contribution is 2.40. The van der Waals surface area contributed by atoms with Gasteiger partial charge in [-0.2, -0.15) is 18.4 Å². The molecular formula is C38H41F3N8O2. The third-order valence-corrected chi connectivity index (χ3v) is 9.80. The summed E-state index contributed by atoms with van der Waals surface area (Å²) in [7, 11) is 0. The molecule has 0 spiro atoms. The molecule has 1 aliphatic heterocycles. The number of imidazole rings is 1. The second-order valence-electron chi connectivity index (χ2n) is 12.9. The zero-order valence-electron chi connectivity index (χ0n) is 28.7. The van der Waals surface area contributed by atoms with Gasteiger partial charge in [-0.1, -0.05) is 26.0 Å². The molecule has 51 heavy (non-hydrogen) atoms. The molecule has 0 saturated heterocycles. The minimum Gasteiger partial charge on any atom is -0.328 e. The maximum absolute atomic E-state index is 14.2. The van der Waals surface area contributed by atoms with Gasteiger partial charge in [0.2, 0.25) is 5.91 Å². The van der Waals surface area contributed by atoms with Crippen LogP contribution in [0.4, 0.5) is 24.7 Å². The topological polar surface area (TPSA) is 128 Å². The summed E-state index contributed by atoms with van der Waals surface area (Å²) in [5, 5.41) is 18.6. The van der Waals surface area contributed by atoms with Gasteiger partial charge in [-0.25, -0.2) is 9.97 Å². The minimum absolute atomic E-state index is 0.0249. The van der Waals surface area contributed by atoms with Crippen LogP contribution in [0.15, 0.2) is 60.7 Å². The Labute approximate surface area is 294 Å². The van der Waals surface area contributed by atoms with Crippen LogP contribution < -0.4 is 16.0 Å². The van der Waals surface area contributed by atoms with Crippen LogP contribution >= 0.6 is 0 Å². The fraction of sp³-hybridized carbons (Fsp3) is 0.395. The van der Waals surface area contributed by atoms with E-state index >= 15 is 0 Å². The zero-order chi connectivity index (χ0) is 36.1. The van der Waals surface area contributed by atoms with Gasteiger partial charge in [0.15, 0.2) is 0 Å². The third kappa shape index (κ3) is 8.13. The van der Waals surface area contributed by atoms with Crippen LogP contribution in [0.25, 0.3) is 22.3 Å². The molecule has 4 aromatic rings. The smallest absolute Gasteiger partial charge is 0.328 e. The lowest BCUT2D eigenvalue weighted by Gasteiger charge is -2.36. The fourth-order valence-electron chi connectivity index (χ4n) is 7.19. The standard InChI is InChI=1S/C38H41F3N8O2/c1-3-48(4-2)27-15-13-26(14-16-27)43-18-6-11-36(50)46-30-17-12-24(20-25(30)23-42)37(51)47-34-9-5-8-31(44-34)28-21-32-33(22-29(28)38(39,40)41)49-19-7-10-35(49)45-32/h5-6,8-9,11-12,17,20-22,26-27,43H,3-4,7,10,13-16,18-19H2,1-2H3,(H,46,50)(H,44,47,51)/b11-6+. The van der Waals surface area contributed by atoms with Crippen LogP contribution in [0.1, 0.15) is 73.3 Å². The van der Waals surface area contributed by atoms with Gasteiger partial charge in [0.05, 0.1) is 33.5 Å². The lowest BCUT2D eigenvalue weighted by molar-refractivity contribution is -0.137.